The van der Waals surface area contributed by atoms with Crippen LogP contribution in [0.3, 0.4) is 0 Å². The monoisotopic (exact) mass is 833 g/mol. The highest BCUT2D eigenvalue weighted by Crippen LogP contribution is 2.44. The number of likely N-dealkylation sites (tertiary alicyclic amines) is 1. The van der Waals surface area contributed by atoms with E-state index in [1.165, 1.54) is 36.7 Å². The predicted octanol–water partition coefficient (Wildman–Crippen LogP) is 7.26. The Bertz CT molecular complexity index is 1300. The Morgan fingerprint density at radius 1 is 0.898 bits per heavy atom. The molecule has 3 aliphatic rings. The molecule has 1 aliphatic heterocycles. The molecule has 0 aromatic carbocycles. The topological polar surface area (TPSA) is 174 Å². The SMILES string of the molecule is C=CCNC(=O)C(=O)C(CCC)NC(=O)C1CCCN1C=O.CC.CC(NC(=O)NC(CN(C)C(=O)CC1(CC=O)CCCC1)C(C)(C)C)C1(C)CCCCC1.CCC. The summed E-state index contributed by atoms with van der Waals surface area (Å²) in [5.74, 6) is -1.73. The van der Waals surface area contributed by atoms with Crippen molar-refractivity contribution >= 4 is 42.2 Å². The van der Waals surface area contributed by atoms with Crippen molar-refractivity contribution < 1.29 is 33.6 Å². The minimum atomic E-state index is -0.864. The second-order valence-electron chi connectivity index (χ2n) is 17.9. The molecule has 2 aliphatic carbocycles. The number of amides is 6. The van der Waals surface area contributed by atoms with E-state index >= 15 is 0 Å². The summed E-state index contributed by atoms with van der Waals surface area (Å²) in [7, 11) is 1.82. The maximum Gasteiger partial charge on any atom is 0.315 e. The fraction of sp³-hybridized carbons (Fsp3) is 0.804. The molecular weight excluding hydrogens is 749 g/mol. The van der Waals surface area contributed by atoms with Crippen molar-refractivity contribution in [2.75, 3.05) is 26.7 Å². The van der Waals surface area contributed by atoms with Gasteiger partial charge >= 0.3 is 6.03 Å². The fourth-order valence-electron chi connectivity index (χ4n) is 7.92. The number of carbonyl (C=O) groups excluding carboxylic acids is 7. The Balaban J connectivity index is 0.00000108. The van der Waals surface area contributed by atoms with Crippen LogP contribution in [0, 0.1) is 16.2 Å². The molecule has 0 aromatic heterocycles. The lowest BCUT2D eigenvalue weighted by atomic mass is 9.71. The molecule has 59 heavy (non-hydrogen) atoms. The lowest BCUT2D eigenvalue weighted by molar-refractivity contribution is -0.140. The van der Waals surface area contributed by atoms with E-state index in [2.05, 4.69) is 76.3 Å². The molecule has 0 bridgehead atoms. The van der Waals surface area contributed by atoms with Crippen molar-refractivity contribution in [3.05, 3.63) is 12.7 Å². The van der Waals surface area contributed by atoms with Crippen LogP contribution in [0.1, 0.15) is 172 Å². The van der Waals surface area contributed by atoms with Gasteiger partial charge in [-0.05, 0) is 68.1 Å². The van der Waals surface area contributed by atoms with E-state index in [1.54, 1.807) is 4.90 Å². The van der Waals surface area contributed by atoms with E-state index in [-0.39, 0.29) is 52.7 Å². The zero-order chi connectivity index (χ0) is 45.2. The number of rotatable bonds is 18. The first-order chi connectivity index (χ1) is 27.9. The van der Waals surface area contributed by atoms with Crippen LogP contribution < -0.4 is 21.3 Å². The number of Topliss-reactive ketones (excluding diaryl/α,β-unsaturated/α-hetero) is 1. The third kappa shape index (κ3) is 19.4. The quantitative estimate of drug-likeness (QED) is 0.0639. The zero-order valence-electron chi connectivity index (χ0n) is 38.9. The van der Waals surface area contributed by atoms with E-state index in [4.69, 9.17) is 0 Å². The summed E-state index contributed by atoms with van der Waals surface area (Å²) >= 11 is 0. The van der Waals surface area contributed by atoms with Crippen molar-refractivity contribution in [2.45, 2.75) is 196 Å². The molecule has 6 amide bonds. The van der Waals surface area contributed by atoms with Crippen molar-refractivity contribution in [2.24, 2.45) is 16.2 Å². The summed E-state index contributed by atoms with van der Waals surface area (Å²) in [6, 6.07) is -1.64. The maximum absolute atomic E-state index is 13.0. The number of hydrogen-bond acceptors (Lipinski definition) is 7. The number of ketones is 1. The molecule has 1 heterocycles. The van der Waals surface area contributed by atoms with Crippen molar-refractivity contribution in [1.29, 1.82) is 0 Å². The number of nitrogens with one attached hydrogen (secondary N) is 4. The Morgan fingerprint density at radius 2 is 1.47 bits per heavy atom. The van der Waals surface area contributed by atoms with Gasteiger partial charge in [0, 0.05) is 45.6 Å². The van der Waals surface area contributed by atoms with Crippen LogP contribution in [0.25, 0.3) is 0 Å². The van der Waals surface area contributed by atoms with Crippen LogP contribution in [-0.4, -0.2) is 103 Å². The van der Waals surface area contributed by atoms with Gasteiger partial charge in [0.25, 0.3) is 5.91 Å². The van der Waals surface area contributed by atoms with Gasteiger partial charge in [0.2, 0.25) is 24.0 Å². The largest absolute Gasteiger partial charge is 0.346 e. The second-order valence-corrected chi connectivity index (χ2v) is 17.9. The molecule has 0 aromatic rings. The molecular formula is C46H84N6O7. The van der Waals surface area contributed by atoms with Gasteiger partial charge in [-0.25, -0.2) is 4.79 Å². The van der Waals surface area contributed by atoms with Gasteiger partial charge in [-0.3, -0.25) is 24.0 Å². The van der Waals surface area contributed by atoms with Gasteiger partial charge < -0.3 is 35.9 Å². The summed E-state index contributed by atoms with van der Waals surface area (Å²) in [5, 5.41) is 11.4. The molecule has 1 saturated heterocycles. The summed E-state index contributed by atoms with van der Waals surface area (Å²) in [6.45, 7) is 25.4. The van der Waals surface area contributed by atoms with E-state index in [9.17, 15) is 33.6 Å². The smallest absolute Gasteiger partial charge is 0.315 e. The first kappa shape index (κ1) is 55.2. The van der Waals surface area contributed by atoms with Crippen molar-refractivity contribution in [3.63, 3.8) is 0 Å². The van der Waals surface area contributed by atoms with Gasteiger partial charge in [-0.15, -0.1) is 6.58 Å². The Kier molecular flexibility index (Phi) is 26.8. The molecule has 4 N–H and O–H groups in total. The number of nitrogens with zero attached hydrogens (tertiary/aromatic N) is 2. The summed E-state index contributed by atoms with van der Waals surface area (Å²) in [5.41, 5.74) is -0.217. The first-order valence-electron chi connectivity index (χ1n) is 22.6. The Labute approximate surface area is 357 Å². The molecule has 0 spiro atoms. The van der Waals surface area contributed by atoms with Gasteiger partial charge in [-0.2, -0.15) is 0 Å². The van der Waals surface area contributed by atoms with E-state index in [1.807, 2.05) is 27.8 Å². The molecule has 4 atom stereocenters. The van der Waals surface area contributed by atoms with E-state index in [0.29, 0.717) is 51.6 Å². The average molecular weight is 833 g/mol. The lowest BCUT2D eigenvalue weighted by Crippen LogP contribution is -2.56. The van der Waals surface area contributed by atoms with Crippen LogP contribution in [0.2, 0.25) is 0 Å². The summed E-state index contributed by atoms with van der Waals surface area (Å²) in [6.07, 6.45) is 17.7. The average Bonchev–Trinajstić information content (AvgIpc) is 3.87. The Morgan fingerprint density at radius 3 is 1.98 bits per heavy atom. The van der Waals surface area contributed by atoms with Gasteiger partial charge in [-0.1, -0.05) is 113 Å². The van der Waals surface area contributed by atoms with Crippen LogP contribution >= 0.6 is 0 Å². The van der Waals surface area contributed by atoms with Crippen LogP contribution in [0.5, 0.6) is 0 Å². The standard InChI is InChI=1S/C26H47N3O3.C15H23N3O4.C3H8.C2H6/c1-20(25(5)12-8-7-9-13-25)27-23(32)28-21(24(2,3)4)19-29(6)22(31)18-26(16-17-30)14-10-11-15-26;1-3-6-11(13(20)15(22)16-8-4-2)17-14(21)12-7-5-9-18(12)10-19;1-3-2;1-2/h17,20-21H,7-16,18-19H2,1-6H3,(H2,27,28,32);4,10-12H,2-3,5-9H2,1H3,(H,16,22)(H,17,21);3H2,1-2H3;1-2H3. The first-order valence-corrected chi connectivity index (χ1v) is 22.6. The molecule has 2 saturated carbocycles. The number of hydrogen-bond donors (Lipinski definition) is 4. The highest BCUT2D eigenvalue weighted by molar-refractivity contribution is 6.38. The highest BCUT2D eigenvalue weighted by atomic mass is 16.2. The van der Waals surface area contributed by atoms with Gasteiger partial charge in [0.1, 0.15) is 12.3 Å². The minimum absolute atomic E-state index is 0.0632. The third-order valence-corrected chi connectivity index (χ3v) is 11.9. The lowest BCUT2D eigenvalue weighted by Gasteiger charge is -2.40. The molecule has 13 heteroatoms. The van der Waals surface area contributed by atoms with Crippen molar-refractivity contribution in [3.8, 4) is 0 Å². The summed E-state index contributed by atoms with van der Waals surface area (Å²) < 4.78 is 0. The normalized spacial score (nSPS) is 19.2. The predicted molar refractivity (Wildman–Crippen MR) is 238 cm³/mol. The molecule has 3 rings (SSSR count). The van der Waals surface area contributed by atoms with E-state index in [0.717, 1.165) is 51.2 Å². The Hall–Kier alpha value is -3.77. The number of urea groups is 1. The third-order valence-electron chi connectivity index (χ3n) is 11.9. The number of carbonyl (C=O) groups is 7. The van der Waals surface area contributed by atoms with E-state index < -0.39 is 23.8 Å². The van der Waals surface area contributed by atoms with Crippen LogP contribution in [0.4, 0.5) is 4.79 Å². The number of aldehydes is 1. The van der Waals surface area contributed by atoms with Crippen LogP contribution in [-0.2, 0) is 28.8 Å². The van der Waals surface area contributed by atoms with Crippen molar-refractivity contribution in [1.82, 2.24) is 31.1 Å². The highest BCUT2D eigenvalue weighted by Gasteiger charge is 2.39. The summed E-state index contributed by atoms with van der Waals surface area (Å²) in [4.78, 5) is 87.2. The van der Waals surface area contributed by atoms with Gasteiger partial charge in [0.05, 0.1) is 12.1 Å². The molecule has 340 valence electrons. The van der Waals surface area contributed by atoms with Crippen LogP contribution in [0.15, 0.2) is 12.7 Å². The fourth-order valence-corrected chi connectivity index (χ4v) is 7.92. The molecule has 0 radical (unpaired) electrons. The number of likely N-dealkylation sites (N-methyl/N-ethyl adjacent to an activating group) is 1. The molecule has 3 fully saturated rings. The van der Waals surface area contributed by atoms with Gasteiger partial charge in [0.15, 0.2) is 0 Å². The maximum atomic E-state index is 13.0. The second kappa shape index (κ2) is 28.7. The molecule has 13 nitrogen and oxygen atoms in total. The molecule has 4 unspecified atom stereocenters. The zero-order valence-corrected chi connectivity index (χ0v) is 38.9. The minimum Gasteiger partial charge on any atom is -0.346 e.